The number of para-hydroxylation sites is 2. The molecule has 2 aromatic carbocycles. The lowest BCUT2D eigenvalue weighted by atomic mass is 10.2. The van der Waals surface area contributed by atoms with Gasteiger partial charge in [0.2, 0.25) is 0 Å². The van der Waals surface area contributed by atoms with Crippen molar-refractivity contribution in [2.24, 2.45) is 7.05 Å². The molecule has 0 N–H and O–H groups in total. The van der Waals surface area contributed by atoms with Gasteiger partial charge in [-0.2, -0.15) is 0 Å². The van der Waals surface area contributed by atoms with Crippen molar-refractivity contribution in [1.29, 1.82) is 0 Å². The first-order chi connectivity index (χ1) is 11.6. The zero-order valence-corrected chi connectivity index (χ0v) is 13.5. The van der Waals surface area contributed by atoms with Crippen molar-refractivity contribution < 1.29 is 4.42 Å². The van der Waals surface area contributed by atoms with E-state index in [0.29, 0.717) is 26.5 Å². The van der Waals surface area contributed by atoms with Crippen LogP contribution in [-0.4, -0.2) is 9.55 Å². The van der Waals surface area contributed by atoms with E-state index < -0.39 is 5.63 Å². The second-order valence-electron chi connectivity index (χ2n) is 5.31. The molecular weight excluding hydrogens is 324 g/mol. The number of nitrogens with zero attached hydrogens (tertiary/aromatic N) is 2. The third kappa shape index (κ3) is 2.41. The Kier molecular flexibility index (Phi) is 3.46. The number of hydrogen-bond donors (Lipinski definition) is 0. The molecule has 0 spiro atoms. The van der Waals surface area contributed by atoms with Crippen molar-refractivity contribution in [3.63, 3.8) is 0 Å². The Balaban J connectivity index is 1.88. The third-order valence-corrected chi connectivity index (χ3v) is 4.80. The fraction of sp³-hybridized carbons (Fsp3) is 0.0556. The smallest absolute Gasteiger partial charge is 0.350 e. The van der Waals surface area contributed by atoms with Crippen LogP contribution in [0.1, 0.15) is 0 Å². The zero-order valence-electron chi connectivity index (χ0n) is 12.7. The molecule has 4 aromatic rings. The highest BCUT2D eigenvalue weighted by molar-refractivity contribution is 7.99. The minimum atomic E-state index is -0.443. The van der Waals surface area contributed by atoms with Gasteiger partial charge in [0.1, 0.15) is 10.5 Å². The van der Waals surface area contributed by atoms with Gasteiger partial charge >= 0.3 is 5.63 Å². The van der Waals surface area contributed by atoms with Crippen LogP contribution in [0.3, 0.4) is 0 Å². The Morgan fingerprint density at radius 2 is 1.79 bits per heavy atom. The van der Waals surface area contributed by atoms with E-state index in [1.54, 1.807) is 37.4 Å². The number of hydrogen-bond acceptors (Lipinski definition) is 5. The van der Waals surface area contributed by atoms with Gasteiger partial charge in [0.25, 0.3) is 5.56 Å². The highest BCUT2D eigenvalue weighted by Gasteiger charge is 2.13. The van der Waals surface area contributed by atoms with E-state index in [-0.39, 0.29) is 5.56 Å². The van der Waals surface area contributed by atoms with Crippen molar-refractivity contribution in [3.8, 4) is 0 Å². The Hall–Kier alpha value is -2.86. The van der Waals surface area contributed by atoms with Crippen molar-refractivity contribution in [2.45, 2.75) is 10.1 Å². The van der Waals surface area contributed by atoms with Crippen molar-refractivity contribution in [2.75, 3.05) is 0 Å². The number of rotatable bonds is 2. The summed E-state index contributed by atoms with van der Waals surface area (Å²) < 4.78 is 6.78. The SMILES string of the molecule is Cn1c(Sc2cc3ccccc3oc2=O)nc2ccccc2c1=O. The number of aromatic nitrogens is 2. The van der Waals surface area contributed by atoms with Gasteiger partial charge in [-0.1, -0.05) is 30.3 Å². The predicted molar refractivity (Wildman–Crippen MR) is 93.6 cm³/mol. The van der Waals surface area contributed by atoms with E-state index in [9.17, 15) is 9.59 Å². The Morgan fingerprint density at radius 3 is 2.67 bits per heavy atom. The summed E-state index contributed by atoms with van der Waals surface area (Å²) in [7, 11) is 1.65. The molecule has 2 heterocycles. The minimum Gasteiger partial charge on any atom is -0.422 e. The van der Waals surface area contributed by atoms with E-state index in [1.165, 1.54) is 4.57 Å². The van der Waals surface area contributed by atoms with Crippen LogP contribution < -0.4 is 11.2 Å². The molecule has 0 atom stereocenters. The second-order valence-corrected chi connectivity index (χ2v) is 6.32. The first kappa shape index (κ1) is 14.7. The summed E-state index contributed by atoms with van der Waals surface area (Å²) in [6.07, 6.45) is 0. The molecule has 0 bridgehead atoms. The van der Waals surface area contributed by atoms with E-state index in [0.717, 1.165) is 17.1 Å². The van der Waals surface area contributed by atoms with Crippen molar-refractivity contribution in [1.82, 2.24) is 9.55 Å². The van der Waals surface area contributed by atoms with Crippen molar-refractivity contribution in [3.05, 3.63) is 75.4 Å². The molecule has 0 aliphatic carbocycles. The first-order valence-corrected chi connectivity index (χ1v) is 8.11. The molecule has 0 saturated carbocycles. The number of fused-ring (bicyclic) bond motifs is 2. The van der Waals surface area contributed by atoms with Gasteiger partial charge in [-0.25, -0.2) is 9.78 Å². The molecule has 4 rings (SSSR count). The maximum absolute atomic E-state index is 12.4. The summed E-state index contributed by atoms with van der Waals surface area (Å²) in [5.41, 5.74) is 0.551. The molecule has 0 amide bonds. The average Bonchev–Trinajstić information content (AvgIpc) is 2.60. The maximum Gasteiger partial charge on any atom is 0.350 e. The molecule has 0 radical (unpaired) electrons. The highest BCUT2D eigenvalue weighted by atomic mass is 32.2. The standard InChI is InChI=1S/C18H12N2O3S/c1-20-16(21)12-7-3-4-8-13(12)19-18(20)24-15-10-11-6-2-5-9-14(11)23-17(15)22/h2-10H,1H3. The van der Waals surface area contributed by atoms with Crippen molar-refractivity contribution >= 4 is 33.6 Å². The number of benzene rings is 2. The van der Waals surface area contributed by atoms with E-state index in [1.807, 2.05) is 24.3 Å². The quantitative estimate of drug-likeness (QED) is 0.415. The summed E-state index contributed by atoms with van der Waals surface area (Å²) in [6.45, 7) is 0. The monoisotopic (exact) mass is 336 g/mol. The zero-order chi connectivity index (χ0) is 16.7. The van der Waals surface area contributed by atoms with Crippen LogP contribution in [0.2, 0.25) is 0 Å². The molecule has 5 nitrogen and oxygen atoms in total. The molecule has 6 heteroatoms. The fourth-order valence-corrected chi connectivity index (χ4v) is 3.37. The molecule has 2 aromatic heterocycles. The summed E-state index contributed by atoms with van der Waals surface area (Å²) >= 11 is 1.13. The molecule has 0 aliphatic heterocycles. The Bertz CT molecular complexity index is 1190. The molecule has 0 fully saturated rings. The lowest BCUT2D eigenvalue weighted by Gasteiger charge is -2.08. The van der Waals surface area contributed by atoms with Gasteiger partial charge in [-0.15, -0.1) is 0 Å². The van der Waals surface area contributed by atoms with E-state index >= 15 is 0 Å². The van der Waals surface area contributed by atoms with Crippen LogP contribution in [0.25, 0.3) is 21.9 Å². The molecule has 0 unspecified atom stereocenters. The molecule has 118 valence electrons. The fourth-order valence-electron chi connectivity index (χ4n) is 2.50. The van der Waals surface area contributed by atoms with Gasteiger partial charge in [-0.05, 0) is 36.0 Å². The van der Waals surface area contributed by atoms with E-state index in [4.69, 9.17) is 4.42 Å². The van der Waals surface area contributed by atoms with Gasteiger partial charge in [0.05, 0.1) is 10.9 Å². The predicted octanol–water partition coefficient (Wildman–Crippen LogP) is 3.19. The highest BCUT2D eigenvalue weighted by Crippen LogP contribution is 2.26. The van der Waals surface area contributed by atoms with Crippen LogP contribution in [0.15, 0.2) is 78.7 Å². The van der Waals surface area contributed by atoms with Crippen LogP contribution in [0.5, 0.6) is 0 Å². The molecule has 24 heavy (non-hydrogen) atoms. The molecule has 0 aliphatic rings. The van der Waals surface area contributed by atoms with Crippen LogP contribution in [0, 0.1) is 0 Å². The molecular formula is C18H12N2O3S. The van der Waals surface area contributed by atoms with Gasteiger partial charge in [0.15, 0.2) is 5.16 Å². The summed E-state index contributed by atoms with van der Waals surface area (Å²) in [4.78, 5) is 29.5. The van der Waals surface area contributed by atoms with Gasteiger partial charge in [0, 0.05) is 12.4 Å². The molecule has 0 saturated heterocycles. The van der Waals surface area contributed by atoms with Crippen LogP contribution in [0.4, 0.5) is 0 Å². The third-order valence-electron chi connectivity index (χ3n) is 3.75. The van der Waals surface area contributed by atoms with Crippen LogP contribution >= 0.6 is 11.8 Å². The summed E-state index contributed by atoms with van der Waals surface area (Å²) in [6, 6.07) is 16.2. The largest absolute Gasteiger partial charge is 0.422 e. The van der Waals surface area contributed by atoms with Crippen LogP contribution in [-0.2, 0) is 7.05 Å². The van der Waals surface area contributed by atoms with Gasteiger partial charge in [-0.3, -0.25) is 9.36 Å². The normalized spacial score (nSPS) is 11.2. The average molecular weight is 336 g/mol. The minimum absolute atomic E-state index is 0.145. The van der Waals surface area contributed by atoms with Gasteiger partial charge < -0.3 is 4.42 Å². The summed E-state index contributed by atoms with van der Waals surface area (Å²) in [5, 5.41) is 1.82. The topological polar surface area (TPSA) is 65.1 Å². The summed E-state index contributed by atoms with van der Waals surface area (Å²) in [5.74, 6) is 0. The second kappa shape index (κ2) is 5.65. The Morgan fingerprint density at radius 1 is 1.04 bits per heavy atom. The lowest BCUT2D eigenvalue weighted by molar-refractivity contribution is 0.543. The van der Waals surface area contributed by atoms with E-state index in [2.05, 4.69) is 4.98 Å². The lowest BCUT2D eigenvalue weighted by Crippen LogP contribution is -2.20. The maximum atomic E-state index is 12.4. The Labute approximate surface area is 140 Å². The first-order valence-electron chi connectivity index (χ1n) is 7.30.